The number of para-hydroxylation sites is 1. The van der Waals surface area contributed by atoms with Gasteiger partial charge in [0.25, 0.3) is 0 Å². The molecule has 4 rings (SSSR count). The second kappa shape index (κ2) is 6.59. The fraction of sp³-hybridized carbons (Fsp3) is 0.300. The molecule has 0 saturated carbocycles. The number of fused-ring (bicyclic) bond motifs is 3. The molecule has 0 aromatic heterocycles. The van der Waals surface area contributed by atoms with Crippen LogP contribution < -0.4 is 4.90 Å². The first-order valence-corrected chi connectivity index (χ1v) is 8.58. The molecule has 1 atom stereocenters. The van der Waals surface area contributed by atoms with E-state index in [1.165, 1.54) is 0 Å². The topological polar surface area (TPSA) is 49.9 Å². The van der Waals surface area contributed by atoms with Gasteiger partial charge in [-0.3, -0.25) is 9.69 Å². The molecule has 2 aliphatic rings. The van der Waals surface area contributed by atoms with E-state index in [1.807, 2.05) is 59.5 Å². The molecule has 1 fully saturated rings. The normalized spacial score (nSPS) is 19.5. The summed E-state index contributed by atoms with van der Waals surface area (Å²) in [4.78, 5) is 28.6. The largest absolute Gasteiger partial charge is 0.447 e. The lowest BCUT2D eigenvalue weighted by atomic mass is 10.0. The van der Waals surface area contributed by atoms with Crippen LogP contribution in [-0.2, 0) is 22.5 Å². The molecule has 0 spiro atoms. The van der Waals surface area contributed by atoms with E-state index in [1.54, 1.807) is 4.90 Å². The number of ether oxygens (including phenoxy) is 1. The van der Waals surface area contributed by atoms with E-state index in [9.17, 15) is 9.59 Å². The summed E-state index contributed by atoms with van der Waals surface area (Å²) in [7, 11) is 0. The zero-order valence-electron chi connectivity index (χ0n) is 13.9. The Kier molecular flexibility index (Phi) is 4.14. The molecule has 2 aromatic carbocycles. The van der Waals surface area contributed by atoms with Gasteiger partial charge in [-0.2, -0.15) is 0 Å². The number of hydrogen-bond acceptors (Lipinski definition) is 3. The number of benzene rings is 2. The van der Waals surface area contributed by atoms with Crippen molar-refractivity contribution in [2.24, 2.45) is 0 Å². The van der Waals surface area contributed by atoms with Gasteiger partial charge in [-0.15, -0.1) is 0 Å². The van der Waals surface area contributed by atoms with Crippen molar-refractivity contribution in [2.75, 3.05) is 18.1 Å². The maximum Gasteiger partial charge on any atom is 0.414 e. The van der Waals surface area contributed by atoms with Crippen LogP contribution in [0.3, 0.4) is 0 Å². The number of cyclic esters (lactones) is 1. The first kappa shape index (κ1) is 15.7. The lowest BCUT2D eigenvalue weighted by Crippen LogP contribution is -2.42. The molecule has 0 radical (unpaired) electrons. The molecule has 5 nitrogen and oxygen atoms in total. The van der Waals surface area contributed by atoms with Crippen molar-refractivity contribution < 1.29 is 14.3 Å². The summed E-state index contributed by atoms with van der Waals surface area (Å²) in [5, 5.41) is 0. The average Bonchev–Trinajstić information content (AvgIpc) is 2.97. The number of rotatable bonds is 2. The van der Waals surface area contributed by atoms with Gasteiger partial charge in [0.05, 0.1) is 18.2 Å². The van der Waals surface area contributed by atoms with Crippen LogP contribution in [0.5, 0.6) is 0 Å². The van der Waals surface area contributed by atoms with Crippen LogP contribution in [0.2, 0.25) is 0 Å². The van der Waals surface area contributed by atoms with Gasteiger partial charge in [0.15, 0.2) is 0 Å². The molecule has 0 N–H and O–H groups in total. The van der Waals surface area contributed by atoms with E-state index >= 15 is 0 Å². The van der Waals surface area contributed by atoms with Crippen molar-refractivity contribution in [1.82, 2.24) is 4.90 Å². The van der Waals surface area contributed by atoms with Crippen molar-refractivity contribution >= 4 is 17.7 Å². The third-order valence-electron chi connectivity index (χ3n) is 4.86. The highest BCUT2D eigenvalue weighted by molar-refractivity contribution is 5.91. The zero-order chi connectivity index (χ0) is 17.2. The van der Waals surface area contributed by atoms with Crippen molar-refractivity contribution in [1.29, 1.82) is 0 Å². The van der Waals surface area contributed by atoms with Gasteiger partial charge in [-0.25, -0.2) is 4.79 Å². The maximum atomic E-state index is 12.8. The molecule has 1 saturated heterocycles. The Bertz CT molecular complexity index is 791. The molecule has 25 heavy (non-hydrogen) atoms. The van der Waals surface area contributed by atoms with Crippen molar-refractivity contribution in [3.8, 4) is 0 Å². The van der Waals surface area contributed by atoms with Crippen molar-refractivity contribution in [2.45, 2.75) is 25.4 Å². The van der Waals surface area contributed by atoms with Gasteiger partial charge in [0.2, 0.25) is 5.91 Å². The number of nitrogens with zero attached hydrogens (tertiary/aromatic N) is 2. The molecular formula is C20H20N2O3. The fourth-order valence-corrected chi connectivity index (χ4v) is 3.53. The van der Waals surface area contributed by atoms with Gasteiger partial charge in [-0.1, -0.05) is 48.5 Å². The van der Waals surface area contributed by atoms with Gasteiger partial charge in [0.1, 0.15) is 6.61 Å². The van der Waals surface area contributed by atoms with Crippen LogP contribution >= 0.6 is 0 Å². The maximum absolute atomic E-state index is 12.8. The van der Waals surface area contributed by atoms with E-state index in [-0.39, 0.29) is 18.0 Å². The monoisotopic (exact) mass is 336 g/mol. The third-order valence-corrected chi connectivity index (χ3v) is 4.86. The SMILES string of the molecule is O=C(Cc1ccccc1)N1CC[C@H]2COC(=O)N2c2ccccc2C1. The van der Waals surface area contributed by atoms with Crippen molar-refractivity contribution in [3.05, 3.63) is 65.7 Å². The Hall–Kier alpha value is -2.82. The third kappa shape index (κ3) is 3.09. The predicted molar refractivity (Wildman–Crippen MR) is 94.2 cm³/mol. The van der Waals surface area contributed by atoms with Crippen LogP contribution in [0.1, 0.15) is 17.5 Å². The highest BCUT2D eigenvalue weighted by Gasteiger charge is 2.37. The average molecular weight is 336 g/mol. The molecule has 5 heteroatoms. The summed E-state index contributed by atoms with van der Waals surface area (Å²) < 4.78 is 5.24. The number of amides is 2. The first-order chi connectivity index (χ1) is 12.2. The van der Waals surface area contributed by atoms with Gasteiger partial charge < -0.3 is 9.64 Å². The molecule has 0 unspecified atom stereocenters. The minimum atomic E-state index is -0.290. The lowest BCUT2D eigenvalue weighted by molar-refractivity contribution is -0.131. The summed E-state index contributed by atoms with van der Waals surface area (Å²) in [6.07, 6.45) is 0.828. The lowest BCUT2D eigenvalue weighted by Gasteiger charge is -2.32. The molecule has 2 heterocycles. The van der Waals surface area contributed by atoms with Crippen LogP contribution in [0.25, 0.3) is 0 Å². The predicted octanol–water partition coefficient (Wildman–Crippen LogP) is 2.99. The van der Waals surface area contributed by atoms with E-state index < -0.39 is 0 Å². The van der Waals surface area contributed by atoms with E-state index in [2.05, 4.69) is 0 Å². The molecule has 0 bridgehead atoms. The minimum Gasteiger partial charge on any atom is -0.447 e. The van der Waals surface area contributed by atoms with Gasteiger partial charge in [-0.05, 0) is 23.6 Å². The van der Waals surface area contributed by atoms with E-state index in [0.29, 0.717) is 26.1 Å². The summed E-state index contributed by atoms with van der Waals surface area (Å²) in [5.41, 5.74) is 2.85. The molecule has 2 aromatic rings. The Labute approximate surface area is 146 Å². The van der Waals surface area contributed by atoms with E-state index in [4.69, 9.17) is 4.74 Å². The second-order valence-electron chi connectivity index (χ2n) is 6.50. The van der Waals surface area contributed by atoms with Crippen LogP contribution in [0.15, 0.2) is 54.6 Å². The summed E-state index contributed by atoms with van der Waals surface area (Å²) >= 11 is 0. The van der Waals surface area contributed by atoms with Crippen LogP contribution in [0.4, 0.5) is 10.5 Å². The highest BCUT2D eigenvalue weighted by Crippen LogP contribution is 2.31. The number of carbonyl (C=O) groups is 2. The fourth-order valence-electron chi connectivity index (χ4n) is 3.53. The molecule has 0 aliphatic carbocycles. The Morgan fingerprint density at radius 3 is 2.68 bits per heavy atom. The quantitative estimate of drug-likeness (QED) is 0.847. The van der Waals surface area contributed by atoms with E-state index in [0.717, 1.165) is 23.2 Å². The number of hydrogen-bond donors (Lipinski definition) is 0. The number of anilines is 1. The molecule has 128 valence electrons. The minimum absolute atomic E-state index is 0.0130. The smallest absolute Gasteiger partial charge is 0.414 e. The Morgan fingerprint density at radius 2 is 1.84 bits per heavy atom. The Balaban J connectivity index is 1.60. The Morgan fingerprint density at radius 1 is 1.08 bits per heavy atom. The van der Waals surface area contributed by atoms with Crippen LogP contribution in [0, 0.1) is 0 Å². The number of carbonyl (C=O) groups excluding carboxylic acids is 2. The standard InChI is InChI=1S/C20H20N2O3/c23-19(12-15-6-2-1-3-7-15)21-11-10-17-14-25-20(24)22(17)18-9-5-4-8-16(18)13-21/h1-9,17H,10-14H2/t17-/m0/s1. The summed E-state index contributed by atoms with van der Waals surface area (Å²) in [5.74, 6) is 0.111. The molecular weight excluding hydrogens is 316 g/mol. The molecule has 2 amide bonds. The van der Waals surface area contributed by atoms with Crippen molar-refractivity contribution in [3.63, 3.8) is 0 Å². The molecule has 2 aliphatic heterocycles. The second-order valence-corrected chi connectivity index (χ2v) is 6.50. The first-order valence-electron chi connectivity index (χ1n) is 8.58. The van der Waals surface area contributed by atoms with Gasteiger partial charge in [0, 0.05) is 13.1 Å². The zero-order valence-corrected chi connectivity index (χ0v) is 13.9. The van der Waals surface area contributed by atoms with Crippen LogP contribution in [-0.4, -0.2) is 36.1 Å². The summed E-state index contributed by atoms with van der Waals surface area (Å²) in [6.45, 7) is 1.52. The highest BCUT2D eigenvalue weighted by atomic mass is 16.6. The summed E-state index contributed by atoms with van der Waals surface area (Å²) in [6, 6.07) is 17.5. The van der Waals surface area contributed by atoms with Gasteiger partial charge >= 0.3 is 6.09 Å².